The zero-order valence-corrected chi connectivity index (χ0v) is 6.96. The lowest BCUT2D eigenvalue weighted by atomic mass is 10.3. The molecule has 1 N–H and O–H groups in total. The molecule has 66 valence electrons. The summed E-state index contributed by atoms with van der Waals surface area (Å²) in [4.78, 5) is 2.19. The van der Waals surface area contributed by atoms with E-state index in [-0.39, 0.29) is 0 Å². The highest BCUT2D eigenvalue weighted by Gasteiger charge is 2.17. The summed E-state index contributed by atoms with van der Waals surface area (Å²) >= 11 is 0. The molecule has 2 aliphatic rings. The van der Waals surface area contributed by atoms with E-state index in [9.17, 15) is 4.39 Å². The normalized spacial score (nSPS) is 28.6. The maximum absolute atomic E-state index is 12.8. The van der Waals surface area contributed by atoms with Crippen LogP contribution in [-0.2, 0) is 0 Å². The molecule has 0 aliphatic carbocycles. The second-order valence-corrected chi connectivity index (χ2v) is 3.18. The fraction of sp³-hybridized carbons (Fsp3) is 0.556. The molecule has 2 aliphatic heterocycles. The molecule has 0 aromatic carbocycles. The first kappa shape index (κ1) is 7.65. The van der Waals surface area contributed by atoms with E-state index in [0.29, 0.717) is 0 Å². The average Bonchev–Trinajstić information content (AvgIpc) is 2.56. The highest BCUT2D eigenvalue weighted by atomic mass is 19.1. The van der Waals surface area contributed by atoms with Crippen LogP contribution < -0.4 is 5.32 Å². The Morgan fingerprint density at radius 3 is 2.83 bits per heavy atom. The van der Waals surface area contributed by atoms with Crippen molar-refractivity contribution < 1.29 is 4.39 Å². The van der Waals surface area contributed by atoms with Gasteiger partial charge in [-0.1, -0.05) is 6.08 Å². The Kier molecular flexibility index (Phi) is 2.02. The van der Waals surface area contributed by atoms with Gasteiger partial charge in [0.15, 0.2) is 6.30 Å². The zero-order valence-electron chi connectivity index (χ0n) is 6.96. The van der Waals surface area contributed by atoms with Gasteiger partial charge in [-0.15, -0.1) is 0 Å². The van der Waals surface area contributed by atoms with E-state index >= 15 is 0 Å². The Balaban J connectivity index is 2.02. The molecular formula is C9H13FN2. The largest absolute Gasteiger partial charge is 0.358 e. The number of nitrogens with one attached hydrogen (secondary N) is 1. The van der Waals surface area contributed by atoms with Gasteiger partial charge in [0.05, 0.1) is 0 Å². The molecule has 0 spiro atoms. The summed E-state index contributed by atoms with van der Waals surface area (Å²) in [5.41, 5.74) is 0. The molecule has 0 amide bonds. The minimum absolute atomic E-state index is 0.933. The molecule has 0 aromatic heterocycles. The van der Waals surface area contributed by atoms with Crippen molar-refractivity contribution in [1.29, 1.82) is 0 Å². The highest BCUT2D eigenvalue weighted by Crippen LogP contribution is 2.15. The van der Waals surface area contributed by atoms with Crippen molar-refractivity contribution in [3.63, 3.8) is 0 Å². The van der Waals surface area contributed by atoms with Crippen LogP contribution in [-0.4, -0.2) is 24.3 Å². The lowest BCUT2D eigenvalue weighted by molar-refractivity contribution is 0.296. The molecule has 1 unspecified atom stereocenters. The Morgan fingerprint density at radius 1 is 1.42 bits per heavy atom. The van der Waals surface area contributed by atoms with Crippen LogP contribution in [0.1, 0.15) is 12.8 Å². The van der Waals surface area contributed by atoms with Crippen molar-refractivity contribution >= 4 is 0 Å². The minimum Gasteiger partial charge on any atom is -0.358 e. The molecule has 1 atom stereocenters. The summed E-state index contributed by atoms with van der Waals surface area (Å²) in [6.07, 6.45) is 6.65. The molecule has 1 saturated heterocycles. The third-order valence-corrected chi connectivity index (χ3v) is 2.27. The number of hydrogen-bond donors (Lipinski definition) is 1. The van der Waals surface area contributed by atoms with Crippen molar-refractivity contribution in [3.8, 4) is 0 Å². The van der Waals surface area contributed by atoms with Gasteiger partial charge in [0, 0.05) is 13.1 Å². The van der Waals surface area contributed by atoms with Crippen molar-refractivity contribution in [2.45, 2.75) is 19.1 Å². The molecule has 2 nitrogen and oxygen atoms in total. The van der Waals surface area contributed by atoms with Gasteiger partial charge in [-0.05, 0) is 25.0 Å². The summed E-state index contributed by atoms with van der Waals surface area (Å²) in [6, 6.07) is 0. The standard InChI is InChI=1S/C9H13FN2/c10-8-4-3-5-9(11-8)12-6-1-2-7-12/h3-5,8,11H,1-2,6-7H2. The first-order valence-electron chi connectivity index (χ1n) is 4.40. The first-order chi connectivity index (χ1) is 5.86. The Morgan fingerprint density at radius 2 is 2.17 bits per heavy atom. The molecule has 0 radical (unpaired) electrons. The van der Waals surface area contributed by atoms with Gasteiger partial charge in [-0.3, -0.25) is 0 Å². The predicted molar refractivity (Wildman–Crippen MR) is 46.1 cm³/mol. The third-order valence-electron chi connectivity index (χ3n) is 2.27. The quantitative estimate of drug-likeness (QED) is 0.595. The predicted octanol–water partition coefficient (Wildman–Crippen LogP) is 1.38. The molecule has 1 fully saturated rings. The number of halogens is 1. The van der Waals surface area contributed by atoms with E-state index in [1.165, 1.54) is 18.9 Å². The van der Waals surface area contributed by atoms with Gasteiger partial charge in [0.25, 0.3) is 0 Å². The Hall–Kier alpha value is -0.990. The van der Waals surface area contributed by atoms with E-state index in [0.717, 1.165) is 18.9 Å². The second kappa shape index (κ2) is 3.17. The van der Waals surface area contributed by atoms with Crippen LogP contribution in [0.4, 0.5) is 4.39 Å². The third kappa shape index (κ3) is 1.44. The number of likely N-dealkylation sites (tertiary alicyclic amines) is 1. The number of dihydropyridines is 1. The first-order valence-corrected chi connectivity index (χ1v) is 4.40. The van der Waals surface area contributed by atoms with Crippen molar-refractivity contribution in [3.05, 3.63) is 24.0 Å². The lowest BCUT2D eigenvalue weighted by Crippen LogP contribution is -2.34. The van der Waals surface area contributed by atoms with E-state index < -0.39 is 6.30 Å². The molecule has 2 heterocycles. The number of alkyl halides is 1. The Bertz CT molecular complexity index is 217. The van der Waals surface area contributed by atoms with Gasteiger partial charge in [-0.2, -0.15) is 0 Å². The van der Waals surface area contributed by atoms with Gasteiger partial charge in [0.1, 0.15) is 5.82 Å². The molecule has 0 saturated carbocycles. The molecule has 12 heavy (non-hydrogen) atoms. The summed E-state index contributed by atoms with van der Waals surface area (Å²) in [5.74, 6) is 0.933. The zero-order chi connectivity index (χ0) is 8.39. The van der Waals surface area contributed by atoms with Gasteiger partial charge < -0.3 is 10.2 Å². The Labute approximate surface area is 71.7 Å². The summed E-state index contributed by atoms with van der Waals surface area (Å²) in [6.45, 7) is 2.11. The fourth-order valence-corrected chi connectivity index (χ4v) is 1.64. The lowest BCUT2D eigenvalue weighted by Gasteiger charge is -2.25. The van der Waals surface area contributed by atoms with Gasteiger partial charge >= 0.3 is 0 Å². The van der Waals surface area contributed by atoms with Crippen molar-refractivity contribution in [1.82, 2.24) is 10.2 Å². The second-order valence-electron chi connectivity index (χ2n) is 3.18. The number of nitrogens with zero attached hydrogens (tertiary/aromatic N) is 1. The smallest absolute Gasteiger partial charge is 0.190 e. The maximum Gasteiger partial charge on any atom is 0.190 e. The van der Waals surface area contributed by atoms with Gasteiger partial charge in [0.2, 0.25) is 0 Å². The molecule has 0 bridgehead atoms. The van der Waals surface area contributed by atoms with Crippen LogP contribution in [0.2, 0.25) is 0 Å². The number of rotatable bonds is 1. The summed E-state index contributed by atoms with van der Waals surface area (Å²) < 4.78 is 12.8. The molecule has 3 heteroatoms. The van der Waals surface area contributed by atoms with Crippen LogP contribution >= 0.6 is 0 Å². The minimum atomic E-state index is -1.01. The summed E-state index contributed by atoms with van der Waals surface area (Å²) in [5, 5.41) is 2.79. The topological polar surface area (TPSA) is 15.3 Å². The van der Waals surface area contributed by atoms with Crippen LogP contribution in [0.5, 0.6) is 0 Å². The van der Waals surface area contributed by atoms with E-state index in [4.69, 9.17) is 0 Å². The molecule has 2 rings (SSSR count). The van der Waals surface area contributed by atoms with Crippen LogP contribution in [0.15, 0.2) is 24.0 Å². The van der Waals surface area contributed by atoms with Gasteiger partial charge in [-0.25, -0.2) is 4.39 Å². The maximum atomic E-state index is 12.8. The summed E-state index contributed by atoms with van der Waals surface area (Å²) in [7, 11) is 0. The van der Waals surface area contributed by atoms with Crippen LogP contribution in [0.25, 0.3) is 0 Å². The monoisotopic (exact) mass is 168 g/mol. The van der Waals surface area contributed by atoms with E-state index in [1.54, 1.807) is 6.08 Å². The SMILES string of the molecule is FC1C=CC=C(N2CCCC2)N1. The van der Waals surface area contributed by atoms with Crippen molar-refractivity contribution in [2.75, 3.05) is 13.1 Å². The van der Waals surface area contributed by atoms with Crippen molar-refractivity contribution in [2.24, 2.45) is 0 Å². The number of allylic oxidation sites excluding steroid dienone is 2. The van der Waals surface area contributed by atoms with E-state index in [1.807, 2.05) is 6.08 Å². The average molecular weight is 168 g/mol. The fourth-order valence-electron chi connectivity index (χ4n) is 1.64. The molecular weight excluding hydrogens is 155 g/mol. The van der Waals surface area contributed by atoms with Crippen LogP contribution in [0, 0.1) is 0 Å². The van der Waals surface area contributed by atoms with E-state index in [2.05, 4.69) is 10.2 Å². The number of hydrogen-bond acceptors (Lipinski definition) is 2. The highest BCUT2D eigenvalue weighted by molar-refractivity contribution is 5.17. The van der Waals surface area contributed by atoms with Crippen LogP contribution in [0.3, 0.4) is 0 Å². The molecule has 0 aromatic rings.